The van der Waals surface area contributed by atoms with Gasteiger partial charge in [-0.15, -0.1) is 0 Å². The molecular formula is C19H26N3P. The predicted octanol–water partition coefficient (Wildman–Crippen LogP) is 5.05. The molecule has 122 valence electrons. The fraction of sp³-hybridized carbons (Fsp3) is 0.421. The van der Waals surface area contributed by atoms with Crippen LogP contribution in [-0.2, 0) is 0 Å². The van der Waals surface area contributed by atoms with E-state index in [2.05, 4.69) is 72.9 Å². The summed E-state index contributed by atoms with van der Waals surface area (Å²) in [6.07, 6.45) is 6.36. The Morgan fingerprint density at radius 2 is 1.57 bits per heavy atom. The van der Waals surface area contributed by atoms with Crippen LogP contribution in [0.25, 0.3) is 0 Å². The van der Waals surface area contributed by atoms with Gasteiger partial charge in [-0.25, -0.2) is 4.74 Å². The minimum absolute atomic E-state index is 0.0779. The third-order valence-electron chi connectivity index (χ3n) is 4.47. The van der Waals surface area contributed by atoms with Crippen LogP contribution in [0.1, 0.15) is 33.6 Å². The number of rotatable bonds is 3. The molecule has 1 aliphatic rings. The molecule has 2 heterocycles. The second kappa shape index (κ2) is 6.59. The molecule has 2 aromatic rings. The highest BCUT2D eigenvalue weighted by Crippen LogP contribution is 2.64. The second-order valence-electron chi connectivity index (χ2n) is 7.07. The van der Waals surface area contributed by atoms with Crippen molar-refractivity contribution in [2.75, 3.05) is 13.1 Å². The number of pyridine rings is 1. The number of nitrogens with zero attached hydrogens (tertiary/aromatic N) is 3. The summed E-state index contributed by atoms with van der Waals surface area (Å²) in [7, 11) is -1.88. The molecular weight excluding hydrogens is 301 g/mol. The Balaban J connectivity index is 2.28. The van der Waals surface area contributed by atoms with Crippen molar-refractivity contribution in [3.8, 4) is 0 Å². The lowest BCUT2D eigenvalue weighted by atomic mass is 10.3. The van der Waals surface area contributed by atoms with Crippen molar-refractivity contribution in [2.45, 2.75) is 38.8 Å². The van der Waals surface area contributed by atoms with Gasteiger partial charge in [-0.2, -0.15) is 0 Å². The van der Waals surface area contributed by atoms with Crippen molar-refractivity contribution in [1.82, 2.24) is 9.65 Å². The van der Waals surface area contributed by atoms with Crippen LogP contribution in [-0.4, -0.2) is 27.9 Å². The maximum Gasteiger partial charge on any atom is 0.0720 e. The molecule has 0 aliphatic carbocycles. The molecule has 3 rings (SSSR count). The van der Waals surface area contributed by atoms with E-state index in [1.807, 2.05) is 12.4 Å². The summed E-state index contributed by atoms with van der Waals surface area (Å²) in [6, 6.07) is 14.8. The fourth-order valence-corrected chi connectivity index (χ4v) is 7.82. The molecule has 4 heteroatoms. The summed E-state index contributed by atoms with van der Waals surface area (Å²) in [4.78, 5) is 4.23. The maximum absolute atomic E-state index is 5.42. The lowest BCUT2D eigenvalue weighted by molar-refractivity contribution is 0.538. The third-order valence-corrected chi connectivity index (χ3v) is 9.09. The van der Waals surface area contributed by atoms with Gasteiger partial charge in [0.2, 0.25) is 0 Å². The van der Waals surface area contributed by atoms with Crippen molar-refractivity contribution in [2.24, 2.45) is 4.74 Å². The van der Waals surface area contributed by atoms with E-state index in [4.69, 9.17) is 4.74 Å². The van der Waals surface area contributed by atoms with E-state index in [-0.39, 0.29) is 5.16 Å². The standard InChI is InChI=1S/C19H26N3P/c1-19(2,3)23(22-15-7-8-16-22,18-11-13-20-14-12-18)21-17-9-5-4-6-10-17/h4-6,9-14H,7-8,15-16H2,1-3H3/t23-/m0/s1. The Kier molecular flexibility index (Phi) is 4.70. The predicted molar refractivity (Wildman–Crippen MR) is 99.9 cm³/mol. The average molecular weight is 327 g/mol. The van der Waals surface area contributed by atoms with Gasteiger partial charge < -0.3 is 0 Å². The average Bonchev–Trinajstić information content (AvgIpc) is 3.08. The first-order chi connectivity index (χ1) is 11.0. The molecule has 23 heavy (non-hydrogen) atoms. The summed E-state index contributed by atoms with van der Waals surface area (Å²) in [5.41, 5.74) is 1.08. The molecule has 1 aromatic carbocycles. The zero-order valence-corrected chi connectivity index (χ0v) is 15.2. The lowest BCUT2D eigenvalue weighted by Gasteiger charge is -2.43. The van der Waals surface area contributed by atoms with E-state index in [0.717, 1.165) is 18.8 Å². The SMILES string of the molecule is CC(C)(C)[P@](=Nc1ccccc1)(c1ccncc1)N1CCCC1. The van der Waals surface area contributed by atoms with Crippen LogP contribution in [0, 0.1) is 0 Å². The Morgan fingerprint density at radius 3 is 2.13 bits per heavy atom. The van der Waals surface area contributed by atoms with Gasteiger partial charge >= 0.3 is 0 Å². The molecule has 3 nitrogen and oxygen atoms in total. The molecule has 0 spiro atoms. The van der Waals surface area contributed by atoms with Gasteiger partial charge in [0.25, 0.3) is 0 Å². The van der Waals surface area contributed by atoms with E-state index < -0.39 is 7.21 Å². The zero-order valence-electron chi connectivity index (χ0n) is 14.3. The lowest BCUT2D eigenvalue weighted by Crippen LogP contribution is -2.35. The number of aromatic nitrogens is 1. The highest BCUT2D eigenvalue weighted by atomic mass is 31.2. The summed E-state index contributed by atoms with van der Waals surface area (Å²) in [5, 5.41) is 1.42. The van der Waals surface area contributed by atoms with Crippen LogP contribution >= 0.6 is 7.21 Å². The summed E-state index contributed by atoms with van der Waals surface area (Å²) in [5.74, 6) is 0. The minimum atomic E-state index is -1.88. The van der Waals surface area contributed by atoms with E-state index in [1.54, 1.807) is 0 Å². The van der Waals surface area contributed by atoms with E-state index in [9.17, 15) is 0 Å². The minimum Gasteiger partial charge on any atom is -0.265 e. The number of benzene rings is 1. The first-order valence-corrected chi connectivity index (χ1v) is 10.1. The van der Waals surface area contributed by atoms with Crippen LogP contribution in [0.15, 0.2) is 59.6 Å². The van der Waals surface area contributed by atoms with E-state index >= 15 is 0 Å². The quantitative estimate of drug-likeness (QED) is 0.738. The van der Waals surface area contributed by atoms with Gasteiger partial charge in [-0.05, 0) is 37.1 Å². The molecule has 0 unspecified atom stereocenters. The first kappa shape index (κ1) is 16.4. The maximum atomic E-state index is 5.42. The van der Waals surface area contributed by atoms with Crippen LogP contribution in [0.2, 0.25) is 0 Å². The van der Waals surface area contributed by atoms with Crippen LogP contribution in [0.5, 0.6) is 0 Å². The van der Waals surface area contributed by atoms with Gasteiger partial charge in [0.05, 0.1) is 12.9 Å². The summed E-state index contributed by atoms with van der Waals surface area (Å²) >= 11 is 0. The largest absolute Gasteiger partial charge is 0.265 e. The van der Waals surface area contributed by atoms with Crippen molar-refractivity contribution in [3.63, 3.8) is 0 Å². The molecule has 0 bridgehead atoms. The first-order valence-electron chi connectivity index (χ1n) is 8.37. The third kappa shape index (κ3) is 3.13. The topological polar surface area (TPSA) is 28.5 Å². The molecule has 1 aliphatic heterocycles. The Morgan fingerprint density at radius 1 is 0.957 bits per heavy atom. The molecule has 0 saturated carbocycles. The molecule has 1 fully saturated rings. The van der Waals surface area contributed by atoms with Crippen molar-refractivity contribution in [3.05, 3.63) is 54.9 Å². The monoisotopic (exact) mass is 327 g/mol. The highest BCUT2D eigenvalue weighted by Gasteiger charge is 2.41. The van der Waals surface area contributed by atoms with Crippen molar-refractivity contribution in [1.29, 1.82) is 0 Å². The smallest absolute Gasteiger partial charge is 0.0720 e. The Labute approximate surface area is 139 Å². The van der Waals surface area contributed by atoms with Crippen molar-refractivity contribution >= 4 is 18.2 Å². The Bertz CT molecular complexity index is 684. The van der Waals surface area contributed by atoms with Gasteiger partial charge in [-0.1, -0.05) is 39.0 Å². The molecule has 1 atom stereocenters. The van der Waals surface area contributed by atoms with Gasteiger partial charge in [-0.3, -0.25) is 9.65 Å². The Hall–Kier alpha value is -1.44. The molecule has 1 aromatic heterocycles. The zero-order chi connectivity index (χ0) is 16.3. The summed E-state index contributed by atoms with van der Waals surface area (Å²) in [6.45, 7) is 9.30. The number of hydrogen-bond acceptors (Lipinski definition) is 2. The van der Waals surface area contributed by atoms with Gasteiger partial charge in [0, 0.05) is 35.9 Å². The molecule has 0 radical (unpaired) electrons. The van der Waals surface area contributed by atoms with Gasteiger partial charge in [0.15, 0.2) is 0 Å². The highest BCUT2D eigenvalue weighted by molar-refractivity contribution is 7.73. The van der Waals surface area contributed by atoms with Crippen LogP contribution in [0.4, 0.5) is 5.69 Å². The summed E-state index contributed by atoms with van der Waals surface area (Å²) < 4.78 is 8.08. The molecule has 1 saturated heterocycles. The second-order valence-corrected chi connectivity index (χ2v) is 10.9. The normalized spacial score (nSPS) is 18.6. The fourth-order valence-electron chi connectivity index (χ4n) is 3.45. The van der Waals surface area contributed by atoms with Crippen molar-refractivity contribution < 1.29 is 0 Å². The van der Waals surface area contributed by atoms with Gasteiger partial charge in [0.1, 0.15) is 0 Å². The molecule has 0 amide bonds. The van der Waals surface area contributed by atoms with E-state index in [1.165, 1.54) is 18.1 Å². The van der Waals surface area contributed by atoms with E-state index in [0.29, 0.717) is 0 Å². The molecule has 0 N–H and O–H groups in total. The number of hydrogen-bond donors (Lipinski definition) is 0. The van der Waals surface area contributed by atoms with Crippen LogP contribution in [0.3, 0.4) is 0 Å². The van der Waals surface area contributed by atoms with Crippen LogP contribution < -0.4 is 5.30 Å².